The molecule has 0 bridgehead atoms. The molecule has 28 heavy (non-hydrogen) atoms. The van der Waals surface area contributed by atoms with E-state index in [-0.39, 0.29) is 21.6 Å². The maximum absolute atomic E-state index is 13.2. The highest BCUT2D eigenvalue weighted by atomic mass is 32.2. The van der Waals surface area contributed by atoms with Gasteiger partial charge in [-0.15, -0.1) is 11.3 Å². The third kappa shape index (κ3) is 3.27. The number of nitrogens with one attached hydrogen (secondary N) is 1. The van der Waals surface area contributed by atoms with Crippen molar-refractivity contribution in [2.75, 3.05) is 5.32 Å². The Bertz CT molecular complexity index is 1140. The van der Waals surface area contributed by atoms with Crippen LogP contribution in [0.5, 0.6) is 0 Å². The molecule has 1 atom stereocenters. The van der Waals surface area contributed by atoms with Crippen LogP contribution < -0.4 is 5.32 Å². The van der Waals surface area contributed by atoms with Crippen LogP contribution in [0.2, 0.25) is 0 Å². The summed E-state index contributed by atoms with van der Waals surface area (Å²) in [5, 5.41) is 4.47. The molecule has 0 spiro atoms. The second-order valence-corrected chi connectivity index (χ2v) is 9.89. The molecule has 3 aromatic rings. The predicted molar refractivity (Wildman–Crippen MR) is 112 cm³/mol. The largest absolute Gasteiger partial charge is 0.324 e. The average Bonchev–Trinajstić information content (AvgIpc) is 3.12. The van der Waals surface area contributed by atoms with Crippen LogP contribution in [0.15, 0.2) is 63.7 Å². The first kappa shape index (κ1) is 18.9. The second-order valence-electron chi connectivity index (χ2n) is 7.06. The smallest absolute Gasteiger partial charge is 0.225 e. The summed E-state index contributed by atoms with van der Waals surface area (Å²) in [5.74, 6) is -0.280. The number of carbonyl (C=O) groups excluding carboxylic acids is 1. The Morgan fingerprint density at radius 1 is 1.14 bits per heavy atom. The SMILES string of the molecule is CCc1ccc(C2CC(=O)Nc3c(S(=O)(=O)c4cccc(C)c4)csc32)cc1. The first-order valence-electron chi connectivity index (χ1n) is 9.22. The van der Waals surface area contributed by atoms with Crippen molar-refractivity contribution in [1.82, 2.24) is 0 Å². The third-order valence-electron chi connectivity index (χ3n) is 5.14. The quantitative estimate of drug-likeness (QED) is 0.662. The van der Waals surface area contributed by atoms with E-state index < -0.39 is 9.84 Å². The number of rotatable bonds is 4. The Balaban J connectivity index is 1.80. The topological polar surface area (TPSA) is 63.2 Å². The Labute approximate surface area is 169 Å². The fraction of sp³-hybridized carbons (Fsp3) is 0.227. The van der Waals surface area contributed by atoms with Crippen molar-refractivity contribution >= 4 is 32.8 Å². The zero-order valence-corrected chi connectivity index (χ0v) is 17.4. The van der Waals surface area contributed by atoms with Crippen LogP contribution in [0.3, 0.4) is 0 Å². The Kier molecular flexibility index (Phi) is 4.85. The van der Waals surface area contributed by atoms with Crippen LogP contribution in [-0.4, -0.2) is 14.3 Å². The van der Waals surface area contributed by atoms with Gasteiger partial charge >= 0.3 is 0 Å². The average molecular weight is 412 g/mol. The zero-order chi connectivity index (χ0) is 19.9. The molecule has 144 valence electrons. The molecule has 0 saturated carbocycles. The highest BCUT2D eigenvalue weighted by Crippen LogP contribution is 2.45. The third-order valence-corrected chi connectivity index (χ3v) is 8.16. The summed E-state index contributed by atoms with van der Waals surface area (Å²) in [5.41, 5.74) is 3.59. The highest BCUT2D eigenvalue weighted by molar-refractivity contribution is 7.91. The van der Waals surface area contributed by atoms with Gasteiger partial charge in [-0.3, -0.25) is 4.79 Å². The van der Waals surface area contributed by atoms with E-state index in [2.05, 4.69) is 24.4 Å². The molecule has 2 heterocycles. The number of thiophene rings is 1. The number of sulfone groups is 1. The second kappa shape index (κ2) is 7.18. The van der Waals surface area contributed by atoms with Crippen LogP contribution in [0.1, 0.15) is 40.8 Å². The molecule has 0 saturated heterocycles. The van der Waals surface area contributed by atoms with Gasteiger partial charge in [0, 0.05) is 22.6 Å². The molecule has 1 N–H and O–H groups in total. The van der Waals surface area contributed by atoms with Crippen molar-refractivity contribution in [3.63, 3.8) is 0 Å². The molecular formula is C22H21NO3S2. The summed E-state index contributed by atoms with van der Waals surface area (Å²) in [6.07, 6.45) is 1.28. The maximum Gasteiger partial charge on any atom is 0.225 e. The van der Waals surface area contributed by atoms with E-state index in [1.54, 1.807) is 23.6 Å². The zero-order valence-electron chi connectivity index (χ0n) is 15.7. The fourth-order valence-electron chi connectivity index (χ4n) is 3.57. The lowest BCUT2D eigenvalue weighted by atomic mass is 9.90. The molecule has 4 rings (SSSR count). The molecule has 0 aliphatic carbocycles. The number of hydrogen-bond acceptors (Lipinski definition) is 4. The lowest BCUT2D eigenvalue weighted by Gasteiger charge is -2.24. The van der Waals surface area contributed by atoms with Crippen molar-refractivity contribution in [1.29, 1.82) is 0 Å². The minimum atomic E-state index is -3.70. The van der Waals surface area contributed by atoms with Gasteiger partial charge in [0.05, 0.1) is 10.6 Å². The molecule has 1 amide bonds. The molecule has 2 aromatic carbocycles. The van der Waals surface area contributed by atoms with E-state index in [0.29, 0.717) is 12.1 Å². The number of aryl methyl sites for hydroxylation is 2. The number of benzene rings is 2. The van der Waals surface area contributed by atoms with Crippen LogP contribution >= 0.6 is 11.3 Å². The summed E-state index contributed by atoms with van der Waals surface area (Å²) in [4.78, 5) is 13.7. The van der Waals surface area contributed by atoms with Crippen LogP contribution in [0.25, 0.3) is 0 Å². The standard InChI is InChI=1S/C22H21NO3S2/c1-3-15-7-9-16(10-8-15)18-12-20(24)23-21-19(13-27-22(18)21)28(25,26)17-6-4-5-14(2)11-17/h4-11,13,18H,3,12H2,1-2H3,(H,23,24). The molecule has 4 nitrogen and oxygen atoms in total. The highest BCUT2D eigenvalue weighted by Gasteiger charge is 2.34. The van der Waals surface area contributed by atoms with Gasteiger partial charge in [0.2, 0.25) is 15.7 Å². The number of fused-ring (bicyclic) bond motifs is 1. The normalized spacial score (nSPS) is 16.5. The lowest BCUT2D eigenvalue weighted by molar-refractivity contribution is -0.116. The Morgan fingerprint density at radius 3 is 2.57 bits per heavy atom. The van der Waals surface area contributed by atoms with Gasteiger partial charge in [-0.25, -0.2) is 8.42 Å². The van der Waals surface area contributed by atoms with Gasteiger partial charge in [0.25, 0.3) is 0 Å². The van der Waals surface area contributed by atoms with E-state index in [0.717, 1.165) is 22.4 Å². The van der Waals surface area contributed by atoms with Gasteiger partial charge in [-0.1, -0.05) is 43.3 Å². The summed E-state index contributed by atoms with van der Waals surface area (Å²) in [6, 6.07) is 15.1. The predicted octanol–water partition coefficient (Wildman–Crippen LogP) is 4.93. The van der Waals surface area contributed by atoms with Crippen molar-refractivity contribution in [3.8, 4) is 0 Å². The molecule has 6 heteroatoms. The number of carbonyl (C=O) groups is 1. The lowest BCUT2D eigenvalue weighted by Crippen LogP contribution is -2.23. The van der Waals surface area contributed by atoms with Crippen molar-refractivity contribution in [3.05, 3.63) is 75.5 Å². The number of hydrogen-bond donors (Lipinski definition) is 1. The molecule has 1 aliphatic heterocycles. The number of amides is 1. The summed E-state index contributed by atoms with van der Waals surface area (Å²) >= 11 is 1.40. The van der Waals surface area contributed by atoms with Gasteiger partial charge in [0.15, 0.2) is 0 Å². The molecular weight excluding hydrogens is 390 g/mol. The van der Waals surface area contributed by atoms with Crippen LogP contribution in [0, 0.1) is 6.92 Å². The fourth-order valence-corrected chi connectivity index (χ4v) is 6.58. The number of anilines is 1. The minimum Gasteiger partial charge on any atom is -0.324 e. The minimum absolute atomic E-state index is 0.124. The molecule has 0 fully saturated rings. The van der Waals surface area contributed by atoms with Crippen molar-refractivity contribution in [2.24, 2.45) is 0 Å². The van der Waals surface area contributed by atoms with Gasteiger partial charge < -0.3 is 5.32 Å². The summed E-state index contributed by atoms with van der Waals surface area (Å²) in [7, 11) is -3.70. The molecule has 1 unspecified atom stereocenters. The molecule has 1 aromatic heterocycles. The van der Waals surface area contributed by atoms with E-state index in [9.17, 15) is 13.2 Å². The summed E-state index contributed by atoms with van der Waals surface area (Å²) < 4.78 is 26.4. The van der Waals surface area contributed by atoms with Crippen LogP contribution in [0.4, 0.5) is 5.69 Å². The van der Waals surface area contributed by atoms with Gasteiger partial charge in [-0.05, 0) is 42.2 Å². The Hall–Kier alpha value is -2.44. The first-order chi connectivity index (χ1) is 13.4. The van der Waals surface area contributed by atoms with E-state index in [1.165, 1.54) is 16.9 Å². The van der Waals surface area contributed by atoms with E-state index >= 15 is 0 Å². The molecule has 1 aliphatic rings. The van der Waals surface area contributed by atoms with Crippen LogP contribution in [-0.2, 0) is 21.1 Å². The maximum atomic E-state index is 13.2. The van der Waals surface area contributed by atoms with Gasteiger partial charge in [-0.2, -0.15) is 0 Å². The molecule has 0 radical (unpaired) electrons. The summed E-state index contributed by atoms with van der Waals surface area (Å²) in [6.45, 7) is 3.96. The van der Waals surface area contributed by atoms with Crippen molar-refractivity contribution < 1.29 is 13.2 Å². The monoisotopic (exact) mass is 411 g/mol. The van der Waals surface area contributed by atoms with E-state index in [4.69, 9.17) is 0 Å². The van der Waals surface area contributed by atoms with E-state index in [1.807, 2.05) is 25.1 Å². The van der Waals surface area contributed by atoms with Gasteiger partial charge in [0.1, 0.15) is 4.90 Å². The van der Waals surface area contributed by atoms with Crippen molar-refractivity contribution in [2.45, 2.75) is 42.4 Å². The first-order valence-corrected chi connectivity index (χ1v) is 11.6. The Morgan fingerprint density at radius 2 is 1.89 bits per heavy atom.